The van der Waals surface area contributed by atoms with Gasteiger partial charge in [-0.3, -0.25) is 0 Å². The van der Waals surface area contributed by atoms with E-state index in [1.54, 1.807) is 4.90 Å². The molecule has 10 nitrogen and oxygen atoms in total. The molecule has 0 unspecified atom stereocenters. The fourth-order valence-electron chi connectivity index (χ4n) is 3.48. The SMILES string of the molecule is CC(C)(C)OC(=O)N1CCNC[C@@H]1CO.CC(C)(C)OC(=O)N1CCNC[C@@H]1CO[Si](C)(C)C(C)(C)C.CC(C)(C)[Si](C)(C)Cl. The van der Waals surface area contributed by atoms with Crippen LogP contribution in [-0.4, -0.2) is 119 Å². The molecule has 13 heteroatoms. The van der Waals surface area contributed by atoms with Crippen LogP contribution in [0.15, 0.2) is 0 Å². The second-order valence-electron chi connectivity index (χ2n) is 17.0. The number of carbonyl (C=O) groups is 2. The summed E-state index contributed by atoms with van der Waals surface area (Å²) in [5.74, 6) is 0. The largest absolute Gasteiger partial charge is 0.444 e. The van der Waals surface area contributed by atoms with Crippen LogP contribution < -0.4 is 10.6 Å². The van der Waals surface area contributed by atoms with Crippen LogP contribution in [0.1, 0.15) is 83.1 Å². The van der Waals surface area contributed by atoms with Crippen molar-refractivity contribution in [2.75, 3.05) is 52.5 Å². The first kappa shape index (κ1) is 44.1. The molecular weight excluding hydrogens is 628 g/mol. The van der Waals surface area contributed by atoms with E-state index in [1.807, 2.05) is 46.4 Å². The fourth-order valence-corrected chi connectivity index (χ4v) is 4.52. The van der Waals surface area contributed by atoms with E-state index in [4.69, 9.17) is 30.1 Å². The molecule has 0 aromatic heterocycles. The van der Waals surface area contributed by atoms with Crippen molar-refractivity contribution >= 4 is 39.0 Å². The van der Waals surface area contributed by atoms with Crippen molar-refractivity contribution in [2.24, 2.45) is 0 Å². The van der Waals surface area contributed by atoms with Gasteiger partial charge in [-0.25, -0.2) is 9.59 Å². The molecule has 2 aliphatic heterocycles. The molecule has 2 rings (SSSR count). The molecule has 3 N–H and O–H groups in total. The van der Waals surface area contributed by atoms with Crippen LogP contribution in [0.5, 0.6) is 0 Å². The number of ether oxygens (including phenoxy) is 2. The van der Waals surface area contributed by atoms with E-state index in [9.17, 15) is 9.59 Å². The predicted molar refractivity (Wildman–Crippen MR) is 192 cm³/mol. The summed E-state index contributed by atoms with van der Waals surface area (Å²) in [6.07, 6.45) is -0.583. The van der Waals surface area contributed by atoms with Crippen molar-refractivity contribution in [3.8, 4) is 0 Å². The lowest BCUT2D eigenvalue weighted by molar-refractivity contribution is 0.00419. The summed E-state index contributed by atoms with van der Waals surface area (Å²) in [5, 5.41) is 16.1. The first-order valence-corrected chi connectivity index (χ1v) is 23.3. The molecule has 0 saturated carbocycles. The molecular formula is C32H69ClN4O6Si2. The average molecular weight is 698 g/mol. The lowest BCUT2D eigenvalue weighted by Crippen LogP contribution is -2.57. The Morgan fingerprint density at radius 2 is 1.09 bits per heavy atom. The quantitative estimate of drug-likeness (QED) is 0.222. The Morgan fingerprint density at radius 3 is 1.40 bits per heavy atom. The predicted octanol–water partition coefficient (Wildman–Crippen LogP) is 6.64. The number of nitrogens with zero attached hydrogens (tertiary/aromatic N) is 2. The highest BCUT2D eigenvalue weighted by Gasteiger charge is 2.39. The number of nitrogens with one attached hydrogen (secondary N) is 2. The summed E-state index contributed by atoms with van der Waals surface area (Å²) in [5.41, 5.74) is -0.950. The lowest BCUT2D eigenvalue weighted by atomic mass is 10.2. The maximum Gasteiger partial charge on any atom is 0.410 e. The summed E-state index contributed by atoms with van der Waals surface area (Å²) in [4.78, 5) is 27.5. The number of aliphatic hydroxyl groups is 1. The van der Waals surface area contributed by atoms with Crippen LogP contribution in [0.4, 0.5) is 9.59 Å². The molecule has 0 spiro atoms. The Bertz CT molecular complexity index is 894. The van der Waals surface area contributed by atoms with Crippen molar-refractivity contribution in [1.82, 2.24) is 20.4 Å². The van der Waals surface area contributed by atoms with Crippen LogP contribution in [0.25, 0.3) is 0 Å². The lowest BCUT2D eigenvalue weighted by Gasteiger charge is -2.41. The molecule has 2 aliphatic rings. The van der Waals surface area contributed by atoms with Crippen molar-refractivity contribution in [3.05, 3.63) is 0 Å². The van der Waals surface area contributed by atoms with Gasteiger partial charge in [-0.2, -0.15) is 11.1 Å². The van der Waals surface area contributed by atoms with E-state index in [1.165, 1.54) is 0 Å². The first-order valence-electron chi connectivity index (χ1n) is 16.4. The highest BCUT2D eigenvalue weighted by Crippen LogP contribution is 2.38. The third kappa shape index (κ3) is 17.2. The molecule has 2 heterocycles. The molecule has 0 radical (unpaired) electrons. The van der Waals surface area contributed by atoms with E-state index >= 15 is 0 Å². The molecule has 0 aromatic rings. The van der Waals surface area contributed by atoms with Crippen LogP contribution in [0, 0.1) is 0 Å². The van der Waals surface area contributed by atoms with Crippen molar-refractivity contribution in [2.45, 2.75) is 143 Å². The first-order chi connectivity index (χ1) is 20.0. The van der Waals surface area contributed by atoms with Gasteiger partial charge in [0.2, 0.25) is 0 Å². The number of halogens is 1. The zero-order valence-electron chi connectivity index (χ0n) is 31.6. The molecule has 268 valence electrons. The average Bonchev–Trinajstić information content (AvgIpc) is 2.84. The second-order valence-corrected chi connectivity index (χ2v) is 29.1. The number of hydrogen-bond donors (Lipinski definition) is 3. The zero-order chi connectivity index (χ0) is 35.7. The topological polar surface area (TPSA) is 113 Å². The second kappa shape index (κ2) is 17.5. The van der Waals surface area contributed by atoms with Crippen LogP contribution >= 0.6 is 11.1 Å². The van der Waals surface area contributed by atoms with Gasteiger partial charge in [0.1, 0.15) is 11.2 Å². The monoisotopic (exact) mass is 696 g/mol. The molecule has 2 saturated heterocycles. The number of carbonyl (C=O) groups excluding carboxylic acids is 2. The van der Waals surface area contributed by atoms with Gasteiger partial charge in [0, 0.05) is 39.3 Å². The molecule has 45 heavy (non-hydrogen) atoms. The minimum atomic E-state index is -1.81. The molecule has 2 amide bonds. The van der Waals surface area contributed by atoms with Crippen molar-refractivity contribution in [3.63, 3.8) is 0 Å². The number of hydrogen-bond acceptors (Lipinski definition) is 8. The molecule has 0 aromatic carbocycles. The van der Waals surface area contributed by atoms with E-state index < -0.39 is 26.9 Å². The highest BCUT2D eigenvalue weighted by atomic mass is 35.6. The Labute approximate surface area is 282 Å². The van der Waals surface area contributed by atoms with Crippen LogP contribution in [-0.2, 0) is 13.9 Å². The third-order valence-corrected chi connectivity index (χ3v) is 18.2. The normalized spacial score (nSPS) is 20.3. The van der Waals surface area contributed by atoms with Gasteiger partial charge in [0.25, 0.3) is 0 Å². The van der Waals surface area contributed by atoms with Gasteiger partial charge in [-0.15, -0.1) is 0 Å². The van der Waals surface area contributed by atoms with Crippen molar-refractivity contribution < 1.29 is 28.6 Å². The van der Waals surface area contributed by atoms with E-state index in [0.717, 1.165) is 19.6 Å². The summed E-state index contributed by atoms with van der Waals surface area (Å²) in [7, 11) is -3.19. The van der Waals surface area contributed by atoms with E-state index in [2.05, 4.69) is 78.4 Å². The van der Waals surface area contributed by atoms with Crippen LogP contribution in [0.3, 0.4) is 0 Å². The Morgan fingerprint density at radius 1 is 0.733 bits per heavy atom. The molecule has 2 fully saturated rings. The maximum atomic E-state index is 12.4. The summed E-state index contributed by atoms with van der Waals surface area (Å²) in [6, 6.07) is -0.133. The summed E-state index contributed by atoms with van der Waals surface area (Å²) in [6.45, 7) is 38.0. The third-order valence-electron chi connectivity index (χ3n) is 8.39. The Kier molecular flexibility index (Phi) is 17.1. The molecule has 0 aliphatic carbocycles. The Hall–Kier alpha value is -0.896. The Balaban J connectivity index is 0.000000724. The van der Waals surface area contributed by atoms with E-state index in [0.29, 0.717) is 31.3 Å². The van der Waals surface area contributed by atoms with Crippen molar-refractivity contribution in [1.29, 1.82) is 0 Å². The maximum absolute atomic E-state index is 12.4. The number of rotatable bonds is 4. The standard InChI is InChI=1S/C16H34N2O3Si.C10H20N2O3.C6H15ClSi/c1-15(2,3)21-14(19)18-10-9-17-11-13(18)12-20-22(7,8)16(4,5)6;1-10(2,3)15-9(14)12-5-4-11-6-8(12)7-13;1-6(2,3)8(4,5)7/h13,17H,9-12H2,1-8H3;8,11,13H,4-7H2,1-3H3;1-5H3/t13-;8-;/m11./s1. The highest BCUT2D eigenvalue weighted by molar-refractivity contribution is 7.20. The number of aliphatic hydroxyl groups excluding tert-OH is 1. The van der Waals surface area contributed by atoms with E-state index in [-0.39, 0.29) is 35.9 Å². The van der Waals surface area contributed by atoms with Gasteiger partial charge in [-0.05, 0) is 64.7 Å². The van der Waals surface area contributed by atoms with Gasteiger partial charge < -0.3 is 39.4 Å². The van der Waals surface area contributed by atoms with Gasteiger partial charge in [0.05, 0.1) is 25.3 Å². The number of piperazine rings is 2. The minimum Gasteiger partial charge on any atom is -0.444 e. The van der Waals surface area contributed by atoms with Gasteiger partial charge in [-0.1, -0.05) is 54.6 Å². The number of amides is 2. The summed E-state index contributed by atoms with van der Waals surface area (Å²) < 4.78 is 17.1. The van der Waals surface area contributed by atoms with Gasteiger partial charge >= 0.3 is 12.2 Å². The van der Waals surface area contributed by atoms with Crippen LogP contribution in [0.2, 0.25) is 36.3 Å². The molecule has 0 bridgehead atoms. The smallest absolute Gasteiger partial charge is 0.410 e. The van der Waals surface area contributed by atoms with Gasteiger partial charge in [0.15, 0.2) is 15.7 Å². The summed E-state index contributed by atoms with van der Waals surface area (Å²) >= 11 is 6.15. The fraction of sp³-hybridized carbons (Fsp3) is 0.938. The molecule has 2 atom stereocenters. The minimum absolute atomic E-state index is 0.0355. The zero-order valence-corrected chi connectivity index (χ0v) is 34.3.